The summed E-state index contributed by atoms with van der Waals surface area (Å²) in [6.07, 6.45) is 0. The number of aromatic hydroxyl groups is 1. The minimum Gasteiger partial charge on any atom is -0.507 e. The van der Waals surface area contributed by atoms with Gasteiger partial charge in [-0.2, -0.15) is 0 Å². The second-order valence-corrected chi connectivity index (χ2v) is 5.20. The predicted molar refractivity (Wildman–Crippen MR) is 66.3 cm³/mol. The summed E-state index contributed by atoms with van der Waals surface area (Å²) in [6, 6.07) is 3.72. The number of phenols is 1. The zero-order valence-corrected chi connectivity index (χ0v) is 11.2. The Hall–Kier alpha value is 1.21. The van der Waals surface area contributed by atoms with Gasteiger partial charge in [0, 0.05) is 7.14 Å². The molecule has 4 heteroatoms. The molecule has 1 nitrogen and oxygen atoms in total. The van der Waals surface area contributed by atoms with Gasteiger partial charge in [0.25, 0.3) is 0 Å². The van der Waals surface area contributed by atoms with Crippen LogP contribution in [0.5, 0.6) is 5.75 Å². The predicted octanol–water partition coefficient (Wildman–Crippen LogP) is 3.21. The average Bonchev–Trinajstić information content (AvgIpc) is 1.84. The Balaban J connectivity index is 3.28. The Morgan fingerprint density at radius 2 is 1.40 bits per heavy atom. The number of rotatable bonds is 0. The molecule has 0 saturated heterocycles. The van der Waals surface area contributed by atoms with Gasteiger partial charge in [-0.15, -0.1) is 0 Å². The second kappa shape index (κ2) is 3.74. The smallest absolute Gasteiger partial charge is 0.130 e. The van der Waals surface area contributed by atoms with E-state index in [-0.39, 0.29) is 0 Å². The zero-order chi connectivity index (χ0) is 7.72. The van der Waals surface area contributed by atoms with Gasteiger partial charge in [-0.1, -0.05) is 0 Å². The van der Waals surface area contributed by atoms with Crippen molar-refractivity contribution in [2.75, 3.05) is 0 Å². The lowest BCUT2D eigenvalue weighted by Crippen LogP contribution is -1.81. The third kappa shape index (κ3) is 2.10. The maximum Gasteiger partial charge on any atom is 0.130 e. The first kappa shape index (κ1) is 9.30. The normalized spacial score (nSPS) is 9.90. The molecule has 0 aromatic heterocycles. The summed E-state index contributed by atoms with van der Waals surface area (Å²) in [7, 11) is 0. The highest BCUT2D eigenvalue weighted by Gasteiger charge is 2.01. The van der Waals surface area contributed by atoms with Gasteiger partial charge >= 0.3 is 0 Å². The minimum atomic E-state index is 0.366. The van der Waals surface area contributed by atoms with Crippen LogP contribution in [0.3, 0.4) is 0 Å². The molecule has 0 radical (unpaired) electrons. The SMILES string of the molecule is Oc1cc(I)c(I)cc1I. The monoisotopic (exact) mass is 472 g/mol. The van der Waals surface area contributed by atoms with Crippen molar-refractivity contribution >= 4 is 67.8 Å². The zero-order valence-electron chi connectivity index (χ0n) is 4.74. The molecular formula is C6H3I3O. The molecule has 0 saturated carbocycles. The van der Waals surface area contributed by atoms with Crippen LogP contribution in [-0.4, -0.2) is 5.11 Å². The van der Waals surface area contributed by atoms with Crippen molar-refractivity contribution in [1.29, 1.82) is 0 Å². The molecule has 1 aromatic rings. The standard InChI is InChI=1S/C6H3I3O/c7-3-1-5(9)6(10)2-4(3)8/h1-2,10H. The van der Waals surface area contributed by atoms with Crippen LogP contribution in [0.15, 0.2) is 12.1 Å². The van der Waals surface area contributed by atoms with Gasteiger partial charge in [-0.25, -0.2) is 0 Å². The largest absolute Gasteiger partial charge is 0.507 e. The van der Waals surface area contributed by atoms with Crippen LogP contribution < -0.4 is 0 Å². The van der Waals surface area contributed by atoms with E-state index >= 15 is 0 Å². The van der Waals surface area contributed by atoms with Crippen LogP contribution in [0.1, 0.15) is 0 Å². The molecule has 10 heavy (non-hydrogen) atoms. The van der Waals surface area contributed by atoms with Crippen molar-refractivity contribution in [2.45, 2.75) is 0 Å². The Kier molecular flexibility index (Phi) is 3.48. The van der Waals surface area contributed by atoms with E-state index in [2.05, 4.69) is 67.8 Å². The highest BCUT2D eigenvalue weighted by molar-refractivity contribution is 14.1. The van der Waals surface area contributed by atoms with E-state index in [0.717, 1.165) is 7.14 Å². The topological polar surface area (TPSA) is 20.2 Å². The summed E-state index contributed by atoms with van der Waals surface area (Å²) in [5.41, 5.74) is 0. The van der Waals surface area contributed by atoms with Crippen molar-refractivity contribution in [3.63, 3.8) is 0 Å². The van der Waals surface area contributed by atoms with E-state index in [9.17, 15) is 5.11 Å². The van der Waals surface area contributed by atoms with Gasteiger partial charge in [-0.05, 0) is 79.9 Å². The summed E-state index contributed by atoms with van der Waals surface area (Å²) < 4.78 is 3.18. The van der Waals surface area contributed by atoms with Crippen LogP contribution >= 0.6 is 67.8 Å². The highest BCUT2D eigenvalue weighted by atomic mass is 127. The average molecular weight is 472 g/mol. The fraction of sp³-hybridized carbons (Fsp3) is 0. The van der Waals surface area contributed by atoms with Crippen LogP contribution in [0, 0.1) is 10.7 Å². The van der Waals surface area contributed by atoms with E-state index in [0.29, 0.717) is 5.75 Å². The minimum absolute atomic E-state index is 0.366. The fourth-order valence-corrected chi connectivity index (χ4v) is 2.49. The summed E-state index contributed by atoms with van der Waals surface area (Å²) in [5, 5.41) is 9.21. The fourth-order valence-electron chi connectivity index (χ4n) is 0.512. The molecular weight excluding hydrogens is 469 g/mol. The highest BCUT2D eigenvalue weighted by Crippen LogP contribution is 2.25. The van der Waals surface area contributed by atoms with Crippen LogP contribution in [-0.2, 0) is 0 Å². The van der Waals surface area contributed by atoms with Gasteiger partial charge in [0.1, 0.15) is 5.75 Å². The quantitative estimate of drug-likeness (QED) is 0.455. The molecule has 0 spiro atoms. The van der Waals surface area contributed by atoms with Gasteiger partial charge in [0.05, 0.1) is 3.57 Å². The Morgan fingerprint density at radius 1 is 0.900 bits per heavy atom. The lowest BCUT2D eigenvalue weighted by Gasteiger charge is -1.99. The van der Waals surface area contributed by atoms with Crippen LogP contribution in [0.2, 0.25) is 0 Å². The molecule has 0 unspecified atom stereocenters. The van der Waals surface area contributed by atoms with E-state index < -0.39 is 0 Å². The summed E-state index contributed by atoms with van der Waals surface area (Å²) in [6.45, 7) is 0. The molecule has 1 N–H and O–H groups in total. The molecule has 0 fully saturated rings. The third-order valence-electron chi connectivity index (χ3n) is 0.990. The van der Waals surface area contributed by atoms with Gasteiger partial charge in [0.15, 0.2) is 0 Å². The first-order valence-electron chi connectivity index (χ1n) is 2.45. The molecule has 0 aliphatic heterocycles. The van der Waals surface area contributed by atoms with E-state index in [1.807, 2.05) is 6.07 Å². The molecule has 0 bridgehead atoms. The number of hydrogen-bond donors (Lipinski definition) is 1. The molecule has 54 valence electrons. The van der Waals surface area contributed by atoms with Gasteiger partial charge in [0.2, 0.25) is 0 Å². The number of halogens is 3. The summed E-state index contributed by atoms with van der Waals surface area (Å²) in [4.78, 5) is 0. The molecule has 0 aliphatic carbocycles. The van der Waals surface area contributed by atoms with Crippen molar-refractivity contribution in [1.82, 2.24) is 0 Å². The molecule has 0 aliphatic rings. The van der Waals surface area contributed by atoms with Crippen LogP contribution in [0.25, 0.3) is 0 Å². The lowest BCUT2D eigenvalue weighted by atomic mass is 10.3. The molecule has 0 atom stereocenters. The number of phenolic OH excluding ortho intramolecular Hbond substituents is 1. The van der Waals surface area contributed by atoms with Crippen molar-refractivity contribution in [2.24, 2.45) is 0 Å². The first-order chi connectivity index (χ1) is 4.61. The molecule has 0 amide bonds. The first-order valence-corrected chi connectivity index (χ1v) is 5.68. The Labute approximate surface area is 100 Å². The van der Waals surface area contributed by atoms with E-state index in [1.165, 1.54) is 3.57 Å². The Bertz CT molecular complexity index is 209. The number of benzene rings is 1. The maximum absolute atomic E-state index is 9.21. The third-order valence-corrected chi connectivity index (χ3v) is 4.67. The number of hydrogen-bond acceptors (Lipinski definition) is 1. The van der Waals surface area contributed by atoms with Gasteiger partial charge < -0.3 is 5.11 Å². The van der Waals surface area contributed by atoms with E-state index in [1.54, 1.807) is 6.07 Å². The summed E-state index contributed by atoms with van der Waals surface area (Å²) in [5.74, 6) is 0.366. The van der Waals surface area contributed by atoms with Crippen molar-refractivity contribution < 1.29 is 5.11 Å². The van der Waals surface area contributed by atoms with Crippen molar-refractivity contribution in [3.05, 3.63) is 22.8 Å². The maximum atomic E-state index is 9.21. The lowest BCUT2D eigenvalue weighted by molar-refractivity contribution is 0.471. The van der Waals surface area contributed by atoms with Gasteiger partial charge in [-0.3, -0.25) is 0 Å². The Morgan fingerprint density at radius 3 is 1.90 bits per heavy atom. The molecule has 1 rings (SSSR count). The second-order valence-electron chi connectivity index (χ2n) is 1.72. The van der Waals surface area contributed by atoms with Crippen molar-refractivity contribution in [3.8, 4) is 5.75 Å². The van der Waals surface area contributed by atoms with E-state index in [4.69, 9.17) is 0 Å². The molecule has 0 heterocycles. The van der Waals surface area contributed by atoms with Crippen LogP contribution in [0.4, 0.5) is 0 Å². The summed E-state index contributed by atoms with van der Waals surface area (Å²) >= 11 is 6.55. The molecule has 1 aromatic carbocycles.